The highest BCUT2D eigenvalue weighted by Gasteiger charge is 2.29. The molecule has 14 nitrogen and oxygen atoms in total. The minimum Gasteiger partial charge on any atom is -0.478 e. The number of benzene rings is 2. The lowest BCUT2D eigenvalue weighted by Crippen LogP contribution is -2.36. The Labute approximate surface area is 256 Å². The molecule has 7 N–H and O–H groups in total. The summed E-state index contributed by atoms with van der Waals surface area (Å²) in [7, 11) is 0. The summed E-state index contributed by atoms with van der Waals surface area (Å²) in [5, 5.41) is 24.1. The standard InChI is InChI=1S/C29H23FN8O6S/c1-11-13-5-7-17(15(13)4-3-14(11)27(43)44)34-25(41)19-9-20(38-28(35-19)36-37-29(38)45)26(42)32-10-12-2-6-16(30)18(8-12)33-22-21(31)23(39)24(22)40/h2-4,6,8-9,17,33H,5,7,10,31H2,1H3,(H,32,42)(H,34,41)(H,37,45)(H,43,44)/t17-/m0/s1. The topological polar surface area (TPSA) is 214 Å². The fourth-order valence-corrected chi connectivity index (χ4v) is 5.64. The number of aromatic amines is 1. The number of H-pyrrole nitrogens is 1. The van der Waals surface area contributed by atoms with Gasteiger partial charge in [-0.25, -0.2) is 23.7 Å². The number of halogens is 1. The monoisotopic (exact) mass is 630 g/mol. The fourth-order valence-electron chi connectivity index (χ4n) is 5.41. The van der Waals surface area contributed by atoms with Gasteiger partial charge in [0.2, 0.25) is 4.77 Å². The Morgan fingerprint density at radius 1 is 1.16 bits per heavy atom. The van der Waals surface area contributed by atoms with Crippen LogP contribution in [0.2, 0.25) is 0 Å². The van der Waals surface area contributed by atoms with Gasteiger partial charge >= 0.3 is 5.97 Å². The van der Waals surface area contributed by atoms with Gasteiger partial charge in [-0.1, -0.05) is 12.1 Å². The Bertz CT molecular complexity index is 2220. The largest absolute Gasteiger partial charge is 0.478 e. The lowest BCUT2D eigenvalue weighted by molar-refractivity contribution is 0.0695. The van der Waals surface area contributed by atoms with Gasteiger partial charge in [0.05, 0.1) is 17.3 Å². The molecule has 0 saturated heterocycles. The molecule has 0 aliphatic heterocycles. The highest BCUT2D eigenvalue weighted by Crippen LogP contribution is 2.35. The van der Waals surface area contributed by atoms with Crippen molar-refractivity contribution >= 4 is 52.8 Å². The minimum absolute atomic E-state index is 0.0228. The third kappa shape index (κ3) is 5.10. The number of fused-ring (bicyclic) bond motifs is 2. The summed E-state index contributed by atoms with van der Waals surface area (Å²) in [6, 6.07) is 7.96. The van der Waals surface area contributed by atoms with Crippen LogP contribution in [0.15, 0.2) is 46.0 Å². The van der Waals surface area contributed by atoms with Crippen LogP contribution < -0.4 is 32.5 Å². The number of carbonyl (C=O) groups excluding carboxylic acids is 2. The van der Waals surface area contributed by atoms with Crippen LogP contribution in [0, 0.1) is 17.5 Å². The Hall–Kier alpha value is -5.77. The summed E-state index contributed by atoms with van der Waals surface area (Å²) in [4.78, 5) is 65.6. The summed E-state index contributed by atoms with van der Waals surface area (Å²) in [6.07, 6.45) is 1.14. The van der Waals surface area contributed by atoms with E-state index in [4.69, 9.17) is 18.0 Å². The summed E-state index contributed by atoms with van der Waals surface area (Å²) in [6.45, 7) is 1.64. The Morgan fingerprint density at radius 2 is 1.93 bits per heavy atom. The number of carboxylic acid groups (broad SMARTS) is 1. The molecule has 2 amide bonds. The maximum atomic E-state index is 14.4. The van der Waals surface area contributed by atoms with Gasteiger partial charge in [-0.2, -0.15) is 0 Å². The molecule has 0 radical (unpaired) electrons. The first kappa shape index (κ1) is 29.3. The molecule has 1 atom stereocenters. The summed E-state index contributed by atoms with van der Waals surface area (Å²) in [5.41, 5.74) is 6.01. The molecule has 0 bridgehead atoms. The summed E-state index contributed by atoms with van der Waals surface area (Å²) in [5.74, 6) is -2.99. The number of hydrogen-bond donors (Lipinski definition) is 6. The van der Waals surface area contributed by atoms with E-state index in [2.05, 4.69) is 31.1 Å². The van der Waals surface area contributed by atoms with Gasteiger partial charge in [-0.05, 0) is 78.5 Å². The van der Waals surface area contributed by atoms with Gasteiger partial charge in [0.1, 0.15) is 28.6 Å². The molecule has 6 rings (SSSR count). The number of hydrogen-bond acceptors (Lipinski definition) is 10. The van der Waals surface area contributed by atoms with E-state index in [1.807, 2.05) is 0 Å². The average molecular weight is 631 g/mol. The van der Waals surface area contributed by atoms with Crippen molar-refractivity contribution in [3.63, 3.8) is 0 Å². The van der Waals surface area contributed by atoms with E-state index in [1.54, 1.807) is 13.0 Å². The number of aromatic nitrogens is 4. The highest BCUT2D eigenvalue weighted by atomic mass is 32.1. The van der Waals surface area contributed by atoms with Crippen molar-refractivity contribution in [3.8, 4) is 0 Å². The van der Waals surface area contributed by atoms with E-state index in [0.29, 0.717) is 24.0 Å². The molecule has 228 valence electrons. The second-order valence-corrected chi connectivity index (χ2v) is 10.8. The zero-order valence-corrected chi connectivity index (χ0v) is 24.2. The van der Waals surface area contributed by atoms with Crippen molar-refractivity contribution in [2.75, 3.05) is 11.1 Å². The van der Waals surface area contributed by atoms with Crippen LogP contribution in [0.3, 0.4) is 0 Å². The molecule has 3 aromatic carbocycles. The molecular formula is C29H23FN8O6S. The third-order valence-corrected chi connectivity index (χ3v) is 8.05. The van der Waals surface area contributed by atoms with E-state index in [1.165, 1.54) is 28.7 Å². The van der Waals surface area contributed by atoms with Gasteiger partial charge in [-0.15, -0.1) is 5.10 Å². The number of nitrogens with zero attached hydrogens (tertiary/aromatic N) is 3. The number of nitrogens with one attached hydrogen (secondary N) is 4. The average Bonchev–Trinajstić information content (AvgIpc) is 3.62. The molecular weight excluding hydrogens is 607 g/mol. The van der Waals surface area contributed by atoms with Crippen LogP contribution in [0.5, 0.6) is 0 Å². The highest BCUT2D eigenvalue weighted by molar-refractivity contribution is 7.71. The maximum absolute atomic E-state index is 14.4. The maximum Gasteiger partial charge on any atom is 0.335 e. The normalized spacial score (nSPS) is 14.0. The second kappa shape index (κ2) is 11.1. The SMILES string of the molecule is Cc1c(C(=O)O)ccc2c1CC[C@@H]2NC(=O)c1cc(C(=O)NCc2ccc(F)c(Nc3c(N)c(=O)c3=O)c2)n2c(=S)[nH]nc2n1. The van der Waals surface area contributed by atoms with Crippen molar-refractivity contribution in [2.24, 2.45) is 0 Å². The van der Waals surface area contributed by atoms with Crippen LogP contribution in [-0.2, 0) is 13.0 Å². The smallest absolute Gasteiger partial charge is 0.335 e. The van der Waals surface area contributed by atoms with Gasteiger partial charge in [0, 0.05) is 6.54 Å². The lowest BCUT2D eigenvalue weighted by Gasteiger charge is -2.16. The number of nitrogen functional groups attached to an aromatic ring is 1. The minimum atomic E-state index is -1.02. The first-order chi connectivity index (χ1) is 21.4. The Kier molecular flexibility index (Phi) is 7.20. The van der Waals surface area contributed by atoms with Crippen LogP contribution in [0.25, 0.3) is 5.78 Å². The van der Waals surface area contributed by atoms with Crippen molar-refractivity contribution < 1.29 is 23.9 Å². The first-order valence-electron chi connectivity index (χ1n) is 13.5. The van der Waals surface area contributed by atoms with Gasteiger partial charge in [-0.3, -0.25) is 19.2 Å². The van der Waals surface area contributed by atoms with E-state index in [-0.39, 0.29) is 51.1 Å². The molecule has 1 aliphatic rings. The lowest BCUT2D eigenvalue weighted by atomic mass is 9.98. The number of carboxylic acids is 1. The quantitative estimate of drug-likeness (QED) is 0.108. The Balaban J connectivity index is 1.22. The number of rotatable bonds is 8. The van der Waals surface area contributed by atoms with Crippen molar-refractivity contribution in [3.05, 3.63) is 107 Å². The summed E-state index contributed by atoms with van der Waals surface area (Å²) < 4.78 is 15.7. The van der Waals surface area contributed by atoms with E-state index >= 15 is 0 Å². The molecule has 2 heterocycles. The number of amides is 2. The first-order valence-corrected chi connectivity index (χ1v) is 13.9. The molecule has 0 saturated carbocycles. The van der Waals surface area contributed by atoms with Crippen molar-refractivity contribution in [1.29, 1.82) is 0 Å². The van der Waals surface area contributed by atoms with Crippen LogP contribution >= 0.6 is 12.2 Å². The van der Waals surface area contributed by atoms with E-state index in [0.717, 1.165) is 17.2 Å². The van der Waals surface area contributed by atoms with E-state index < -0.39 is 40.5 Å². The molecule has 0 spiro atoms. The van der Waals surface area contributed by atoms with Gasteiger partial charge < -0.3 is 26.8 Å². The fraction of sp³-hybridized carbons (Fsp3) is 0.172. The van der Waals surface area contributed by atoms with Crippen LogP contribution in [0.4, 0.5) is 21.5 Å². The molecule has 0 unspecified atom stereocenters. The predicted octanol–water partition coefficient (Wildman–Crippen LogP) is 2.20. The molecule has 45 heavy (non-hydrogen) atoms. The van der Waals surface area contributed by atoms with Gasteiger partial charge in [0.15, 0.2) is 0 Å². The predicted molar refractivity (Wildman–Crippen MR) is 161 cm³/mol. The van der Waals surface area contributed by atoms with Gasteiger partial charge in [0.25, 0.3) is 28.4 Å². The number of nitrogens with two attached hydrogens (primary N) is 1. The third-order valence-electron chi connectivity index (χ3n) is 7.77. The molecule has 2 aromatic heterocycles. The van der Waals surface area contributed by atoms with Crippen molar-refractivity contribution in [1.82, 2.24) is 30.2 Å². The zero-order valence-electron chi connectivity index (χ0n) is 23.4. The van der Waals surface area contributed by atoms with Crippen LogP contribution in [0.1, 0.15) is 66.1 Å². The Morgan fingerprint density at radius 3 is 2.67 bits per heavy atom. The van der Waals surface area contributed by atoms with Crippen molar-refractivity contribution in [2.45, 2.75) is 32.4 Å². The number of aromatic carboxylic acids is 1. The molecule has 16 heteroatoms. The van der Waals surface area contributed by atoms with Crippen LogP contribution in [-0.4, -0.2) is 42.5 Å². The number of carbonyl (C=O) groups is 3. The molecule has 1 aliphatic carbocycles. The number of anilines is 3. The molecule has 0 fully saturated rings. The summed E-state index contributed by atoms with van der Waals surface area (Å²) >= 11 is 5.26. The molecule has 5 aromatic rings. The van der Waals surface area contributed by atoms with E-state index in [9.17, 15) is 33.5 Å². The second-order valence-electron chi connectivity index (χ2n) is 10.4. The zero-order chi connectivity index (χ0) is 32.2.